The van der Waals surface area contributed by atoms with Crippen LogP contribution >= 0.6 is 28.3 Å². The van der Waals surface area contributed by atoms with Crippen LogP contribution in [0, 0.1) is 0 Å². The van der Waals surface area contributed by atoms with E-state index in [0.717, 1.165) is 4.47 Å². The maximum Gasteiger partial charge on any atom is 0.251 e. The minimum atomic E-state index is -0.461. The summed E-state index contributed by atoms with van der Waals surface area (Å²) in [6.45, 7) is 1.15. The first kappa shape index (κ1) is 18.9. The molecule has 2 amide bonds. The Morgan fingerprint density at radius 2 is 2.05 bits per heavy atom. The third-order valence-corrected chi connectivity index (χ3v) is 3.71. The van der Waals surface area contributed by atoms with E-state index in [1.807, 2.05) is 6.07 Å². The zero-order valence-electron chi connectivity index (χ0n) is 11.8. The second-order valence-electron chi connectivity index (χ2n) is 4.91. The van der Waals surface area contributed by atoms with Crippen LogP contribution in [-0.2, 0) is 4.79 Å². The topological polar surface area (TPSA) is 90.5 Å². The lowest BCUT2D eigenvalue weighted by Gasteiger charge is -2.11. The number of benzene rings is 1. The predicted molar refractivity (Wildman–Crippen MR) is 89.1 cm³/mol. The van der Waals surface area contributed by atoms with Gasteiger partial charge in [-0.2, -0.15) is 0 Å². The van der Waals surface area contributed by atoms with Gasteiger partial charge in [0.05, 0.1) is 12.1 Å². The molecular weight excluding hydrogens is 374 g/mol. The highest BCUT2D eigenvalue weighted by Gasteiger charge is 2.27. The quantitative estimate of drug-likeness (QED) is 0.547. The minimum Gasteiger partial charge on any atom is -0.392 e. The molecule has 8 heteroatoms. The number of aliphatic hydroxyl groups is 1. The van der Waals surface area contributed by atoms with Crippen LogP contribution in [0.15, 0.2) is 28.7 Å². The highest BCUT2D eigenvalue weighted by Crippen LogP contribution is 2.11. The SMILES string of the molecule is Cl.O=C(NCCNC(=O)C1CC(O)CN1)c1cccc(Br)c1. The van der Waals surface area contributed by atoms with Gasteiger partial charge in [0.15, 0.2) is 0 Å². The van der Waals surface area contributed by atoms with Crippen LogP contribution < -0.4 is 16.0 Å². The zero-order chi connectivity index (χ0) is 15.2. The standard InChI is InChI=1S/C14H18BrN3O3.ClH/c15-10-3-1-2-9(6-10)13(20)16-4-5-17-14(21)12-7-11(19)8-18-12;/h1-3,6,11-12,18-19H,4-5,7-8H2,(H,16,20)(H,17,21);1H. The molecule has 1 aliphatic heterocycles. The summed E-state index contributed by atoms with van der Waals surface area (Å²) in [6, 6.07) is 6.75. The molecular formula is C14H19BrClN3O3. The van der Waals surface area contributed by atoms with Crippen molar-refractivity contribution in [3.8, 4) is 0 Å². The van der Waals surface area contributed by atoms with Gasteiger partial charge in [-0.1, -0.05) is 22.0 Å². The normalized spacial score (nSPS) is 20.1. The molecule has 0 aromatic heterocycles. The first-order valence-corrected chi connectivity index (χ1v) is 7.58. The molecule has 2 atom stereocenters. The molecule has 1 saturated heterocycles. The van der Waals surface area contributed by atoms with Crippen molar-refractivity contribution in [2.75, 3.05) is 19.6 Å². The van der Waals surface area contributed by atoms with E-state index in [4.69, 9.17) is 0 Å². The Labute approximate surface area is 143 Å². The number of hydrogen-bond acceptors (Lipinski definition) is 4. The summed E-state index contributed by atoms with van der Waals surface area (Å²) in [4.78, 5) is 23.6. The number of hydrogen-bond donors (Lipinski definition) is 4. The fourth-order valence-electron chi connectivity index (χ4n) is 2.13. The van der Waals surface area contributed by atoms with Crippen LogP contribution in [0.2, 0.25) is 0 Å². The third kappa shape index (κ3) is 5.57. The molecule has 0 bridgehead atoms. The van der Waals surface area contributed by atoms with E-state index in [1.165, 1.54) is 0 Å². The summed E-state index contributed by atoms with van der Waals surface area (Å²) >= 11 is 3.31. The average Bonchev–Trinajstić information content (AvgIpc) is 2.90. The molecule has 1 aromatic carbocycles. The first-order valence-electron chi connectivity index (χ1n) is 6.79. The summed E-state index contributed by atoms with van der Waals surface area (Å²) in [5.41, 5.74) is 0.566. The van der Waals surface area contributed by atoms with Crippen LogP contribution in [0.4, 0.5) is 0 Å². The molecule has 2 rings (SSSR count). The number of amides is 2. The van der Waals surface area contributed by atoms with E-state index in [2.05, 4.69) is 31.9 Å². The van der Waals surface area contributed by atoms with Crippen molar-refractivity contribution in [3.05, 3.63) is 34.3 Å². The van der Waals surface area contributed by atoms with Gasteiger partial charge in [-0.3, -0.25) is 9.59 Å². The third-order valence-electron chi connectivity index (χ3n) is 3.22. The lowest BCUT2D eigenvalue weighted by Crippen LogP contribution is -2.43. The zero-order valence-corrected chi connectivity index (χ0v) is 14.2. The number of carbonyl (C=O) groups excluding carboxylic acids is 2. The van der Waals surface area contributed by atoms with Gasteiger partial charge < -0.3 is 21.1 Å². The van der Waals surface area contributed by atoms with Crippen molar-refractivity contribution in [2.45, 2.75) is 18.6 Å². The van der Waals surface area contributed by atoms with Gasteiger partial charge in [0.1, 0.15) is 0 Å². The second-order valence-corrected chi connectivity index (χ2v) is 5.82. The number of aliphatic hydroxyl groups excluding tert-OH is 1. The largest absolute Gasteiger partial charge is 0.392 e. The number of carbonyl (C=O) groups is 2. The van der Waals surface area contributed by atoms with Gasteiger partial charge in [-0.15, -0.1) is 12.4 Å². The molecule has 1 heterocycles. The summed E-state index contributed by atoms with van der Waals surface area (Å²) in [7, 11) is 0. The van der Waals surface area contributed by atoms with Crippen molar-refractivity contribution < 1.29 is 14.7 Å². The molecule has 122 valence electrons. The molecule has 1 aromatic rings. The fraction of sp³-hybridized carbons (Fsp3) is 0.429. The molecule has 2 unspecified atom stereocenters. The number of β-amino-alcohol motifs (C(OH)–C–C–N with tert-alkyl or cyclic N) is 1. The lowest BCUT2D eigenvalue weighted by molar-refractivity contribution is -0.122. The Balaban J connectivity index is 0.00000242. The Kier molecular flexibility index (Phi) is 7.81. The Morgan fingerprint density at radius 1 is 1.32 bits per heavy atom. The van der Waals surface area contributed by atoms with Gasteiger partial charge in [0, 0.05) is 29.7 Å². The number of nitrogens with one attached hydrogen (secondary N) is 3. The first-order chi connectivity index (χ1) is 10.1. The van der Waals surface area contributed by atoms with E-state index >= 15 is 0 Å². The monoisotopic (exact) mass is 391 g/mol. The van der Waals surface area contributed by atoms with Crippen LogP contribution in [0.5, 0.6) is 0 Å². The maximum absolute atomic E-state index is 11.9. The van der Waals surface area contributed by atoms with E-state index < -0.39 is 6.10 Å². The molecule has 4 N–H and O–H groups in total. The van der Waals surface area contributed by atoms with Gasteiger partial charge in [-0.05, 0) is 24.6 Å². The Morgan fingerprint density at radius 3 is 2.68 bits per heavy atom. The molecule has 0 spiro atoms. The molecule has 1 aliphatic rings. The molecule has 6 nitrogen and oxygen atoms in total. The highest BCUT2D eigenvalue weighted by molar-refractivity contribution is 9.10. The second kappa shape index (κ2) is 9.09. The molecule has 1 fully saturated rings. The molecule has 22 heavy (non-hydrogen) atoms. The fourth-order valence-corrected chi connectivity index (χ4v) is 2.53. The molecule has 0 radical (unpaired) electrons. The molecule has 0 aliphatic carbocycles. The summed E-state index contributed by atoms with van der Waals surface area (Å²) < 4.78 is 0.842. The average molecular weight is 393 g/mol. The van der Waals surface area contributed by atoms with Gasteiger partial charge in [-0.25, -0.2) is 0 Å². The highest BCUT2D eigenvalue weighted by atomic mass is 79.9. The summed E-state index contributed by atoms with van der Waals surface area (Å²) in [6.07, 6.45) is -0.0343. The lowest BCUT2D eigenvalue weighted by atomic mass is 10.2. The summed E-state index contributed by atoms with van der Waals surface area (Å²) in [5, 5.41) is 17.7. The summed E-state index contributed by atoms with van der Waals surface area (Å²) in [5.74, 6) is -0.330. The van der Waals surface area contributed by atoms with Gasteiger partial charge in [0.2, 0.25) is 5.91 Å². The maximum atomic E-state index is 11.9. The number of rotatable bonds is 5. The van der Waals surface area contributed by atoms with E-state index in [1.54, 1.807) is 18.2 Å². The van der Waals surface area contributed by atoms with Crippen LogP contribution in [-0.4, -0.2) is 48.7 Å². The Hall–Kier alpha value is -1.15. The van der Waals surface area contributed by atoms with Crippen molar-refractivity contribution >= 4 is 40.2 Å². The van der Waals surface area contributed by atoms with Gasteiger partial charge in [0.25, 0.3) is 5.91 Å². The molecule has 0 saturated carbocycles. The van der Waals surface area contributed by atoms with Crippen LogP contribution in [0.1, 0.15) is 16.8 Å². The Bertz CT molecular complexity index is 530. The van der Waals surface area contributed by atoms with Crippen molar-refractivity contribution in [2.24, 2.45) is 0 Å². The van der Waals surface area contributed by atoms with E-state index in [9.17, 15) is 14.7 Å². The van der Waals surface area contributed by atoms with Crippen LogP contribution in [0.3, 0.4) is 0 Å². The van der Waals surface area contributed by atoms with Crippen molar-refractivity contribution in [1.82, 2.24) is 16.0 Å². The predicted octanol–water partition coefficient (Wildman–Crippen LogP) is 0.440. The van der Waals surface area contributed by atoms with Crippen molar-refractivity contribution in [3.63, 3.8) is 0 Å². The van der Waals surface area contributed by atoms with Crippen LogP contribution in [0.25, 0.3) is 0 Å². The van der Waals surface area contributed by atoms with E-state index in [-0.39, 0.29) is 30.3 Å². The minimum absolute atomic E-state index is 0. The van der Waals surface area contributed by atoms with E-state index in [0.29, 0.717) is 31.6 Å². The van der Waals surface area contributed by atoms with Gasteiger partial charge >= 0.3 is 0 Å². The van der Waals surface area contributed by atoms with Crippen molar-refractivity contribution in [1.29, 1.82) is 0 Å². The number of halogens is 2. The smallest absolute Gasteiger partial charge is 0.251 e.